The van der Waals surface area contributed by atoms with Crippen LogP contribution in [0.1, 0.15) is 28.4 Å². The summed E-state index contributed by atoms with van der Waals surface area (Å²) in [7, 11) is 0. The van der Waals surface area contributed by atoms with Gasteiger partial charge in [-0.3, -0.25) is 0 Å². The molecule has 0 spiro atoms. The normalized spacial score (nSPS) is 10.8. The van der Waals surface area contributed by atoms with Crippen LogP contribution in [0.4, 0.5) is 4.39 Å². The summed E-state index contributed by atoms with van der Waals surface area (Å²) in [5, 5.41) is 0.535. The first-order chi connectivity index (χ1) is 12.0. The molecule has 0 amide bonds. The number of nitrogens with zero attached hydrogens (tertiary/aromatic N) is 1. The summed E-state index contributed by atoms with van der Waals surface area (Å²) in [6.45, 7) is 4.57. The Kier molecular flexibility index (Phi) is 4.95. The Bertz CT molecular complexity index is 993. The number of benzene rings is 2. The molecule has 0 atom stereocenters. The molecule has 0 radical (unpaired) electrons. The molecule has 0 aliphatic carbocycles. The van der Waals surface area contributed by atoms with E-state index in [0.29, 0.717) is 16.4 Å². The average molecular weight is 355 g/mol. The van der Waals surface area contributed by atoms with Crippen molar-refractivity contribution >= 4 is 29.1 Å². The third-order valence-electron chi connectivity index (χ3n) is 4.01. The second kappa shape index (κ2) is 7.15. The van der Waals surface area contributed by atoms with E-state index in [9.17, 15) is 9.18 Å². The Labute approximate surface area is 150 Å². The quantitative estimate of drug-likeness (QED) is 0.485. The van der Waals surface area contributed by atoms with Gasteiger partial charge in [-0.25, -0.2) is 9.18 Å². The summed E-state index contributed by atoms with van der Waals surface area (Å²) in [5.41, 5.74) is 3.31. The van der Waals surface area contributed by atoms with Gasteiger partial charge in [0.25, 0.3) is 0 Å². The number of esters is 1. The van der Waals surface area contributed by atoms with Crippen LogP contribution in [0.5, 0.6) is 0 Å². The van der Waals surface area contributed by atoms with Gasteiger partial charge in [0.1, 0.15) is 5.82 Å². The summed E-state index contributed by atoms with van der Waals surface area (Å²) in [6, 6.07) is 12.6. The molecule has 0 fully saturated rings. The van der Waals surface area contributed by atoms with Crippen molar-refractivity contribution in [2.24, 2.45) is 0 Å². The molecular formula is C20H18FNO2S. The number of rotatable bonds is 4. The Morgan fingerprint density at radius 1 is 1.20 bits per heavy atom. The number of halogens is 1. The number of carbonyl (C=O) groups excluding carboxylic acids is 1. The minimum Gasteiger partial charge on any atom is -0.462 e. The van der Waals surface area contributed by atoms with Gasteiger partial charge >= 0.3 is 5.97 Å². The minimum atomic E-state index is -0.490. The molecule has 25 heavy (non-hydrogen) atoms. The standard InChI is InChI=1S/C20H18FNO2S/c1-3-24-20(23)17-12-22(11-14-6-4-13(2)5-7-14)18-9-8-15(21)10-16(18)19(17)25/h4-10,12H,3,11H2,1-2H3. The maximum absolute atomic E-state index is 13.7. The lowest BCUT2D eigenvalue weighted by Gasteiger charge is -2.14. The fourth-order valence-electron chi connectivity index (χ4n) is 2.74. The number of ether oxygens (including phenoxy) is 1. The first-order valence-corrected chi connectivity index (χ1v) is 8.46. The zero-order valence-electron chi connectivity index (χ0n) is 14.1. The first kappa shape index (κ1) is 17.3. The molecule has 0 N–H and O–H groups in total. The monoisotopic (exact) mass is 355 g/mol. The topological polar surface area (TPSA) is 31.2 Å². The van der Waals surface area contributed by atoms with Gasteiger partial charge in [0, 0.05) is 23.6 Å². The number of carbonyl (C=O) groups is 1. The number of aromatic nitrogens is 1. The second-order valence-corrected chi connectivity index (χ2v) is 6.28. The maximum atomic E-state index is 13.7. The predicted octanol–water partition coefficient (Wildman–Crippen LogP) is 5.04. The van der Waals surface area contributed by atoms with Gasteiger partial charge in [-0.05, 0) is 37.6 Å². The van der Waals surface area contributed by atoms with E-state index in [1.54, 1.807) is 19.2 Å². The van der Waals surface area contributed by atoms with Gasteiger partial charge in [0.05, 0.1) is 16.7 Å². The van der Waals surface area contributed by atoms with Gasteiger partial charge in [-0.15, -0.1) is 0 Å². The van der Waals surface area contributed by atoms with E-state index >= 15 is 0 Å². The molecule has 3 nitrogen and oxygen atoms in total. The summed E-state index contributed by atoms with van der Waals surface area (Å²) < 4.78 is 21.0. The molecule has 1 heterocycles. The molecule has 3 rings (SSSR count). The predicted molar refractivity (Wildman–Crippen MR) is 99.0 cm³/mol. The van der Waals surface area contributed by atoms with Crippen molar-refractivity contribution in [2.75, 3.05) is 6.61 Å². The Balaban J connectivity index is 2.18. The molecule has 0 aliphatic rings. The third-order valence-corrected chi connectivity index (χ3v) is 4.45. The highest BCUT2D eigenvalue weighted by Gasteiger charge is 2.14. The molecule has 0 saturated carbocycles. The zero-order chi connectivity index (χ0) is 18.0. The molecule has 0 aliphatic heterocycles. The van der Waals surface area contributed by atoms with Gasteiger partial charge in [-0.2, -0.15) is 0 Å². The molecular weight excluding hydrogens is 337 g/mol. The van der Waals surface area contributed by atoms with Crippen LogP contribution in [-0.4, -0.2) is 17.1 Å². The van der Waals surface area contributed by atoms with Crippen LogP contribution in [0.3, 0.4) is 0 Å². The zero-order valence-corrected chi connectivity index (χ0v) is 14.9. The summed E-state index contributed by atoms with van der Waals surface area (Å²) >= 11 is 5.40. The largest absolute Gasteiger partial charge is 0.462 e. The second-order valence-electron chi connectivity index (χ2n) is 5.87. The van der Waals surface area contributed by atoms with E-state index in [2.05, 4.69) is 0 Å². The SMILES string of the molecule is CCOC(=O)c1cn(Cc2ccc(C)cc2)c2ccc(F)cc2c1=S. The van der Waals surface area contributed by atoms with E-state index < -0.39 is 5.97 Å². The van der Waals surface area contributed by atoms with Gasteiger partial charge in [0.2, 0.25) is 0 Å². The average Bonchev–Trinajstić information content (AvgIpc) is 2.59. The minimum absolute atomic E-state index is 0.257. The first-order valence-electron chi connectivity index (χ1n) is 8.05. The molecule has 128 valence electrons. The lowest BCUT2D eigenvalue weighted by molar-refractivity contribution is 0.0525. The summed E-state index contributed by atoms with van der Waals surface area (Å²) in [5.74, 6) is -0.877. The smallest absolute Gasteiger partial charge is 0.341 e. The summed E-state index contributed by atoms with van der Waals surface area (Å²) in [4.78, 5) is 12.2. The van der Waals surface area contributed by atoms with E-state index in [-0.39, 0.29) is 18.0 Å². The summed E-state index contributed by atoms with van der Waals surface area (Å²) in [6.07, 6.45) is 1.69. The molecule has 2 aromatic carbocycles. The van der Waals surface area contributed by atoms with Crippen molar-refractivity contribution < 1.29 is 13.9 Å². The molecule has 0 unspecified atom stereocenters. The van der Waals surface area contributed by atoms with Crippen LogP contribution < -0.4 is 0 Å². The van der Waals surface area contributed by atoms with E-state index in [1.165, 1.54) is 17.7 Å². The maximum Gasteiger partial charge on any atom is 0.341 e. The van der Waals surface area contributed by atoms with Crippen LogP contribution in [0, 0.1) is 17.3 Å². The van der Waals surface area contributed by atoms with Crippen molar-refractivity contribution in [2.45, 2.75) is 20.4 Å². The Morgan fingerprint density at radius 2 is 1.92 bits per heavy atom. The van der Waals surface area contributed by atoms with Crippen LogP contribution in [-0.2, 0) is 11.3 Å². The Morgan fingerprint density at radius 3 is 2.60 bits per heavy atom. The Hall–Kier alpha value is -2.53. The van der Waals surface area contributed by atoms with E-state index in [4.69, 9.17) is 17.0 Å². The van der Waals surface area contributed by atoms with Crippen molar-refractivity contribution in [1.29, 1.82) is 0 Å². The highest BCUT2D eigenvalue weighted by Crippen LogP contribution is 2.22. The fraction of sp³-hybridized carbons (Fsp3) is 0.200. The van der Waals surface area contributed by atoms with Gasteiger partial charge < -0.3 is 9.30 Å². The molecule has 1 aromatic heterocycles. The van der Waals surface area contributed by atoms with Gasteiger partial charge in [-0.1, -0.05) is 42.0 Å². The van der Waals surface area contributed by atoms with E-state index in [1.807, 2.05) is 35.8 Å². The molecule has 0 bridgehead atoms. The molecule has 0 saturated heterocycles. The van der Waals surface area contributed by atoms with E-state index in [0.717, 1.165) is 11.1 Å². The lowest BCUT2D eigenvalue weighted by Crippen LogP contribution is -2.11. The number of aryl methyl sites for hydroxylation is 1. The number of fused-ring (bicyclic) bond motifs is 1. The molecule has 5 heteroatoms. The van der Waals surface area contributed by atoms with Crippen LogP contribution >= 0.6 is 12.2 Å². The third kappa shape index (κ3) is 3.61. The number of pyridine rings is 1. The van der Waals surface area contributed by atoms with Gasteiger partial charge in [0.15, 0.2) is 0 Å². The van der Waals surface area contributed by atoms with Crippen LogP contribution in [0.15, 0.2) is 48.7 Å². The number of hydrogen-bond acceptors (Lipinski definition) is 3. The highest BCUT2D eigenvalue weighted by atomic mass is 32.1. The highest BCUT2D eigenvalue weighted by molar-refractivity contribution is 7.71. The fourth-order valence-corrected chi connectivity index (χ4v) is 3.04. The number of hydrogen-bond donors (Lipinski definition) is 0. The van der Waals surface area contributed by atoms with Crippen molar-refractivity contribution in [3.8, 4) is 0 Å². The van der Waals surface area contributed by atoms with Crippen molar-refractivity contribution in [1.82, 2.24) is 4.57 Å². The van der Waals surface area contributed by atoms with Crippen molar-refractivity contribution in [3.63, 3.8) is 0 Å². The van der Waals surface area contributed by atoms with Crippen LogP contribution in [0.25, 0.3) is 10.9 Å². The van der Waals surface area contributed by atoms with Crippen molar-refractivity contribution in [3.05, 3.63) is 75.7 Å². The molecule has 3 aromatic rings. The lowest BCUT2D eigenvalue weighted by atomic mass is 10.1. The van der Waals surface area contributed by atoms with Crippen LogP contribution in [0.2, 0.25) is 0 Å².